The SMILES string of the molecule is COc1ccc(N2/C(=N/C(=O)NCC(C#N)c3ccc(-c4ncn(-c5ccc(OC(F)(F)F)cc5)n4)cc3)SCCC2C)c(C(C)C)c1. The monoisotopic (exact) mass is 677 g/mol. The summed E-state index contributed by atoms with van der Waals surface area (Å²) in [7, 11) is 1.64. The van der Waals surface area contributed by atoms with E-state index >= 15 is 0 Å². The van der Waals surface area contributed by atoms with Gasteiger partial charge in [-0.3, -0.25) is 0 Å². The number of thioether (sulfide) groups is 1. The molecule has 2 heterocycles. The van der Waals surface area contributed by atoms with Crippen LogP contribution in [-0.4, -0.2) is 57.8 Å². The molecule has 0 aliphatic carbocycles. The first-order valence-electron chi connectivity index (χ1n) is 15.2. The van der Waals surface area contributed by atoms with Crippen LogP contribution in [0.5, 0.6) is 11.5 Å². The van der Waals surface area contributed by atoms with Gasteiger partial charge in [0.05, 0.1) is 24.8 Å². The molecule has 2 unspecified atom stereocenters. The van der Waals surface area contributed by atoms with Crippen LogP contribution in [0.15, 0.2) is 78.0 Å². The summed E-state index contributed by atoms with van der Waals surface area (Å²) in [5, 5.41) is 17.7. The van der Waals surface area contributed by atoms with Gasteiger partial charge in [-0.15, -0.1) is 18.3 Å². The van der Waals surface area contributed by atoms with Crippen molar-refractivity contribution in [3.63, 3.8) is 0 Å². The van der Waals surface area contributed by atoms with Gasteiger partial charge in [0.1, 0.15) is 17.8 Å². The lowest BCUT2D eigenvalue weighted by Gasteiger charge is -2.37. The number of alkyl halides is 3. The zero-order valence-electron chi connectivity index (χ0n) is 26.7. The maximum absolute atomic E-state index is 13.1. The number of aliphatic imine (C=N–C) groups is 1. The Balaban J connectivity index is 1.24. The number of nitrogens with zero attached hydrogens (tertiary/aromatic N) is 6. The Hall–Kier alpha value is -5.03. The van der Waals surface area contributed by atoms with Gasteiger partial charge in [-0.25, -0.2) is 14.5 Å². The summed E-state index contributed by atoms with van der Waals surface area (Å²) < 4.78 is 48.1. The molecule has 1 fully saturated rings. The molecule has 0 bridgehead atoms. The Kier molecular flexibility index (Phi) is 10.6. The topological polar surface area (TPSA) is 118 Å². The summed E-state index contributed by atoms with van der Waals surface area (Å²) >= 11 is 1.53. The second-order valence-corrected chi connectivity index (χ2v) is 12.4. The van der Waals surface area contributed by atoms with Crippen LogP contribution < -0.4 is 19.7 Å². The molecule has 1 N–H and O–H groups in total. The minimum Gasteiger partial charge on any atom is -0.497 e. The van der Waals surface area contributed by atoms with Gasteiger partial charge in [0.15, 0.2) is 11.0 Å². The van der Waals surface area contributed by atoms with Gasteiger partial charge in [-0.2, -0.15) is 10.3 Å². The second kappa shape index (κ2) is 14.8. The first-order valence-corrected chi connectivity index (χ1v) is 16.2. The van der Waals surface area contributed by atoms with Crippen LogP contribution in [0.3, 0.4) is 0 Å². The van der Waals surface area contributed by atoms with Crippen molar-refractivity contribution < 1.29 is 27.4 Å². The van der Waals surface area contributed by atoms with Crippen molar-refractivity contribution in [2.75, 3.05) is 24.3 Å². The van der Waals surface area contributed by atoms with Crippen LogP contribution >= 0.6 is 11.8 Å². The number of carbonyl (C=O) groups is 1. The van der Waals surface area contributed by atoms with Crippen LogP contribution in [0, 0.1) is 11.3 Å². The van der Waals surface area contributed by atoms with Crippen LogP contribution in [0.25, 0.3) is 17.1 Å². The number of halogens is 3. The summed E-state index contributed by atoms with van der Waals surface area (Å²) in [4.78, 5) is 23.9. The fourth-order valence-corrected chi connectivity index (χ4v) is 6.42. The van der Waals surface area contributed by atoms with E-state index in [1.54, 1.807) is 31.4 Å². The zero-order valence-corrected chi connectivity index (χ0v) is 27.5. The van der Waals surface area contributed by atoms with E-state index in [0.717, 1.165) is 29.2 Å². The molecule has 1 aliphatic rings. The summed E-state index contributed by atoms with van der Waals surface area (Å²) in [5.41, 5.74) is 3.94. The van der Waals surface area contributed by atoms with E-state index < -0.39 is 18.3 Å². The molecule has 2 atom stereocenters. The van der Waals surface area contributed by atoms with Gasteiger partial charge in [-0.1, -0.05) is 49.9 Å². The van der Waals surface area contributed by atoms with Gasteiger partial charge in [-0.05, 0) is 72.9 Å². The quantitative estimate of drug-likeness (QED) is 0.192. The van der Waals surface area contributed by atoms with Crippen molar-refractivity contribution in [3.05, 3.63) is 84.2 Å². The highest BCUT2D eigenvalue weighted by molar-refractivity contribution is 8.14. The number of benzene rings is 3. The number of amides is 2. The third kappa shape index (κ3) is 8.27. The molecule has 10 nitrogen and oxygen atoms in total. The van der Waals surface area contributed by atoms with Gasteiger partial charge in [0.25, 0.3) is 0 Å². The summed E-state index contributed by atoms with van der Waals surface area (Å²) in [6, 6.07) is 20.1. The predicted molar refractivity (Wildman–Crippen MR) is 179 cm³/mol. The fourth-order valence-electron chi connectivity index (χ4n) is 5.21. The molecule has 1 saturated heterocycles. The molecular weight excluding hydrogens is 643 g/mol. The molecular formula is C34H34F3N7O3S. The number of ether oxygens (including phenoxy) is 2. The number of nitrogens with one attached hydrogen (secondary N) is 1. The van der Waals surface area contributed by atoms with E-state index in [4.69, 9.17) is 4.74 Å². The Morgan fingerprint density at radius 3 is 2.48 bits per heavy atom. The molecule has 3 aromatic carbocycles. The standard InChI is InChI=1S/C34H34F3N7O3S/c1-21(2)29-17-28(46-4)13-14-30(29)44-22(3)15-16-48-33(44)41-32(45)39-19-25(18-38)23-5-7-24(8-6-23)31-40-20-43(42-31)26-9-11-27(12-10-26)47-34(35,36)37/h5-14,17,20-22,25H,15-16,19H2,1-4H3,(H,39,45)/b41-33-. The number of urea groups is 1. The van der Waals surface area contributed by atoms with E-state index in [9.17, 15) is 23.2 Å². The summed E-state index contributed by atoms with van der Waals surface area (Å²) in [6.07, 6.45) is -2.39. The molecule has 2 amide bonds. The Bertz CT molecular complexity index is 1800. The lowest BCUT2D eigenvalue weighted by atomic mass is 9.99. The van der Waals surface area contributed by atoms with Crippen LogP contribution in [0.2, 0.25) is 0 Å². The first kappa shape index (κ1) is 34.3. The highest BCUT2D eigenvalue weighted by Crippen LogP contribution is 2.37. The maximum atomic E-state index is 13.1. The number of carbonyl (C=O) groups excluding carboxylic acids is 1. The highest BCUT2D eigenvalue weighted by atomic mass is 32.2. The number of hydrogen-bond donors (Lipinski definition) is 1. The molecule has 1 aromatic heterocycles. The molecule has 250 valence electrons. The van der Waals surface area contributed by atoms with Crippen LogP contribution in [0.1, 0.15) is 50.2 Å². The average Bonchev–Trinajstić information content (AvgIpc) is 3.55. The minimum absolute atomic E-state index is 0.0619. The van der Waals surface area contributed by atoms with Crippen LogP contribution in [0.4, 0.5) is 23.7 Å². The number of hydrogen-bond acceptors (Lipinski definition) is 7. The summed E-state index contributed by atoms with van der Waals surface area (Å²) in [5.74, 6) is 1.24. The van der Waals surface area contributed by atoms with E-state index in [0.29, 0.717) is 27.8 Å². The lowest BCUT2D eigenvalue weighted by molar-refractivity contribution is -0.274. The third-order valence-electron chi connectivity index (χ3n) is 7.74. The minimum atomic E-state index is -4.77. The number of nitriles is 1. The van der Waals surface area contributed by atoms with E-state index in [1.165, 1.54) is 47.0 Å². The predicted octanol–water partition coefficient (Wildman–Crippen LogP) is 7.67. The molecule has 5 rings (SSSR count). The lowest BCUT2D eigenvalue weighted by Crippen LogP contribution is -2.43. The molecule has 0 radical (unpaired) electrons. The van der Waals surface area contributed by atoms with Crippen molar-refractivity contribution >= 4 is 28.6 Å². The number of amidine groups is 1. The van der Waals surface area contributed by atoms with Crippen molar-refractivity contribution in [1.29, 1.82) is 5.26 Å². The Labute approximate surface area is 280 Å². The van der Waals surface area contributed by atoms with Crippen molar-refractivity contribution in [1.82, 2.24) is 20.1 Å². The number of aromatic nitrogens is 3. The number of methoxy groups -OCH3 is 1. The second-order valence-electron chi connectivity index (χ2n) is 11.4. The van der Waals surface area contributed by atoms with Crippen molar-refractivity contribution in [3.8, 4) is 34.6 Å². The maximum Gasteiger partial charge on any atom is 0.573 e. The van der Waals surface area contributed by atoms with Crippen molar-refractivity contribution in [2.24, 2.45) is 4.99 Å². The van der Waals surface area contributed by atoms with Gasteiger partial charge in [0, 0.05) is 29.6 Å². The molecule has 1 aliphatic heterocycles. The molecule has 0 saturated carbocycles. The smallest absolute Gasteiger partial charge is 0.497 e. The largest absolute Gasteiger partial charge is 0.573 e. The van der Waals surface area contributed by atoms with E-state index in [-0.39, 0.29) is 24.3 Å². The molecule has 4 aromatic rings. The fraction of sp³-hybridized carbons (Fsp3) is 0.324. The van der Waals surface area contributed by atoms with Gasteiger partial charge in [0.2, 0.25) is 0 Å². The van der Waals surface area contributed by atoms with Gasteiger partial charge >= 0.3 is 12.4 Å². The first-order chi connectivity index (χ1) is 23.0. The zero-order chi connectivity index (χ0) is 34.4. The molecule has 48 heavy (non-hydrogen) atoms. The highest BCUT2D eigenvalue weighted by Gasteiger charge is 2.31. The Morgan fingerprint density at radius 1 is 1.12 bits per heavy atom. The average molecular weight is 678 g/mol. The number of anilines is 1. The molecule has 0 spiro atoms. The third-order valence-corrected chi connectivity index (χ3v) is 8.72. The normalized spacial score (nSPS) is 16.4. The Morgan fingerprint density at radius 2 is 1.83 bits per heavy atom. The molecule has 14 heteroatoms. The summed E-state index contributed by atoms with van der Waals surface area (Å²) in [6.45, 7) is 6.41. The van der Waals surface area contributed by atoms with E-state index in [1.807, 2.05) is 18.2 Å². The van der Waals surface area contributed by atoms with E-state index in [2.05, 4.69) is 56.9 Å². The van der Waals surface area contributed by atoms with Crippen molar-refractivity contribution in [2.45, 2.75) is 51.4 Å². The van der Waals surface area contributed by atoms with Crippen LogP contribution in [-0.2, 0) is 0 Å². The number of rotatable bonds is 9. The van der Waals surface area contributed by atoms with Gasteiger partial charge < -0.3 is 19.7 Å².